The van der Waals surface area contributed by atoms with Crippen LogP contribution in [0.1, 0.15) is 65.7 Å². The minimum absolute atomic E-state index is 0.0110. The monoisotopic (exact) mass is 1190 g/mol. The van der Waals surface area contributed by atoms with E-state index in [1.807, 2.05) is 12.1 Å². The van der Waals surface area contributed by atoms with Crippen LogP contribution in [0, 0.1) is 57.6 Å². The van der Waals surface area contributed by atoms with Gasteiger partial charge in [0.1, 0.15) is 59.2 Å². The Morgan fingerprint density at radius 1 is 0.506 bits per heavy atom. The number of pyridine rings is 2. The molecular formula is C62H42Cl2F6N8O7. The molecule has 4 heterocycles. The molecule has 0 aliphatic heterocycles. The van der Waals surface area contributed by atoms with Gasteiger partial charge < -0.3 is 32.8 Å². The summed E-state index contributed by atoms with van der Waals surface area (Å²) < 4.78 is 123. The van der Waals surface area contributed by atoms with Crippen molar-refractivity contribution in [3.8, 4) is 46.4 Å². The third-order valence-electron chi connectivity index (χ3n) is 13.6. The van der Waals surface area contributed by atoms with Gasteiger partial charge in [-0.3, -0.25) is 0 Å². The van der Waals surface area contributed by atoms with Gasteiger partial charge in [0.25, 0.3) is 0 Å². The highest BCUT2D eigenvalue weighted by atomic mass is 35.5. The topological polar surface area (TPSA) is 189 Å². The van der Waals surface area contributed by atoms with E-state index in [-0.39, 0.29) is 164 Å². The van der Waals surface area contributed by atoms with Crippen molar-refractivity contribution in [2.45, 2.75) is 39.1 Å². The second-order valence-electron chi connectivity index (χ2n) is 19.0. The molecule has 0 bridgehead atoms. The maximum atomic E-state index is 16.1. The summed E-state index contributed by atoms with van der Waals surface area (Å²) in [5.41, 5.74) is 0.461. The van der Waals surface area contributed by atoms with Gasteiger partial charge in [0, 0.05) is 84.6 Å². The second kappa shape index (κ2) is 25.5. The summed E-state index contributed by atoms with van der Waals surface area (Å²) >= 11 is 13.5. The molecule has 10 rings (SSSR count). The second-order valence-corrected chi connectivity index (χ2v) is 19.8. The molecule has 0 unspecified atom stereocenters. The van der Waals surface area contributed by atoms with Gasteiger partial charge in [-0.05, 0) is 96.1 Å². The number of benzene rings is 6. The van der Waals surface area contributed by atoms with Crippen molar-refractivity contribution in [2.24, 2.45) is 0 Å². The first-order chi connectivity index (χ1) is 41.0. The van der Waals surface area contributed by atoms with Gasteiger partial charge in [-0.2, -0.15) is 10.5 Å². The molecule has 10 aromatic rings. The Morgan fingerprint density at radius 3 is 1.32 bits per heavy atom. The number of hydrogen-bond acceptors (Lipinski definition) is 13. The molecule has 85 heavy (non-hydrogen) atoms. The standard InChI is InChI=1S/C62H42Cl2F6N8O7/c1-81-15-13-77-53-23-39(21-49(69)59(53)75-55(77)25-37-19-47(67)41(27-43(37)63)51-5-3-7-57(73-51)83-31-35-11-9-33(29-71)17-45(35)65)61(79)85-62(80)40-22-50(70)60-54(24-40)78(14-16-82-2)56(76-60)26-38-20-48(68)42(28-44(38)64)52-6-4-8-58(74-52)84-32-36-12-10-34(30-72)18-46(36)66/h3-12,17-24,27-28H,13-16,25-26,31-32H2,1-2H3. The van der Waals surface area contributed by atoms with E-state index in [0.29, 0.717) is 0 Å². The lowest BCUT2D eigenvalue weighted by atomic mass is 10.0. The van der Waals surface area contributed by atoms with Gasteiger partial charge in [0.15, 0.2) is 11.6 Å². The minimum Gasteiger partial charge on any atom is -0.473 e. The highest BCUT2D eigenvalue weighted by Gasteiger charge is 2.26. The molecule has 6 aromatic carbocycles. The molecule has 0 aliphatic carbocycles. The lowest BCUT2D eigenvalue weighted by Crippen LogP contribution is -2.14. The Kier molecular flexibility index (Phi) is 17.5. The van der Waals surface area contributed by atoms with Crippen molar-refractivity contribution in [1.82, 2.24) is 29.1 Å². The summed E-state index contributed by atoms with van der Waals surface area (Å²) in [6.07, 6.45) is -0.269. The van der Waals surface area contributed by atoms with E-state index in [9.17, 15) is 18.4 Å². The summed E-state index contributed by atoms with van der Waals surface area (Å²) in [5.74, 6) is -6.74. The molecule has 0 aliphatic rings. The van der Waals surface area contributed by atoms with Crippen LogP contribution >= 0.6 is 23.2 Å². The third-order valence-corrected chi connectivity index (χ3v) is 14.3. The number of nitrogens with zero attached hydrogens (tertiary/aromatic N) is 8. The predicted octanol–water partition coefficient (Wildman–Crippen LogP) is 13.0. The normalized spacial score (nSPS) is 11.2. The number of carbonyl (C=O) groups excluding carboxylic acids is 2. The van der Waals surface area contributed by atoms with E-state index in [4.69, 9.17) is 57.4 Å². The molecule has 0 radical (unpaired) electrons. The minimum atomic E-state index is -1.29. The number of carbonyl (C=O) groups is 2. The molecule has 4 aromatic heterocycles. The lowest BCUT2D eigenvalue weighted by molar-refractivity contribution is 0.0397. The number of aromatic nitrogens is 6. The van der Waals surface area contributed by atoms with Crippen LogP contribution in [-0.2, 0) is 53.4 Å². The first-order valence-electron chi connectivity index (χ1n) is 25.7. The fourth-order valence-electron chi connectivity index (χ4n) is 9.27. The fraction of sp³-hybridized carbons (Fsp3) is 0.161. The Balaban J connectivity index is 0.860. The molecule has 0 amide bonds. The van der Waals surface area contributed by atoms with Crippen LogP contribution < -0.4 is 9.47 Å². The largest absolute Gasteiger partial charge is 0.473 e. The van der Waals surface area contributed by atoms with Crippen molar-refractivity contribution < 1.29 is 59.6 Å². The van der Waals surface area contributed by atoms with Gasteiger partial charge >= 0.3 is 11.9 Å². The first-order valence-corrected chi connectivity index (χ1v) is 26.4. The van der Waals surface area contributed by atoms with Crippen molar-refractivity contribution in [3.05, 3.63) is 222 Å². The smallest absolute Gasteiger partial charge is 0.346 e. The zero-order valence-corrected chi connectivity index (χ0v) is 46.2. The Hall–Kier alpha value is -9.64. The quantitative estimate of drug-likeness (QED) is 0.0398. The van der Waals surface area contributed by atoms with Gasteiger partial charge in [0.2, 0.25) is 11.8 Å². The Morgan fingerprint density at radius 2 is 0.929 bits per heavy atom. The van der Waals surface area contributed by atoms with Gasteiger partial charge in [-0.15, -0.1) is 0 Å². The number of esters is 2. The number of ether oxygens (including phenoxy) is 5. The van der Waals surface area contributed by atoms with Crippen LogP contribution in [0.2, 0.25) is 10.0 Å². The maximum absolute atomic E-state index is 16.1. The van der Waals surface area contributed by atoms with Crippen LogP contribution in [0.15, 0.2) is 121 Å². The van der Waals surface area contributed by atoms with E-state index < -0.39 is 58.0 Å². The number of imidazole rings is 2. The lowest BCUT2D eigenvalue weighted by Gasteiger charge is -2.13. The number of rotatable bonds is 20. The number of methoxy groups -OCH3 is 2. The van der Waals surface area contributed by atoms with Crippen molar-refractivity contribution in [2.75, 3.05) is 27.4 Å². The number of fused-ring (bicyclic) bond motifs is 2. The molecule has 0 atom stereocenters. The molecule has 0 saturated heterocycles. The fourth-order valence-corrected chi connectivity index (χ4v) is 9.73. The van der Waals surface area contributed by atoms with E-state index >= 15 is 17.6 Å². The van der Waals surface area contributed by atoms with Gasteiger partial charge in [0.05, 0.1) is 70.0 Å². The van der Waals surface area contributed by atoms with Crippen LogP contribution in [0.25, 0.3) is 44.6 Å². The van der Waals surface area contributed by atoms with Crippen molar-refractivity contribution in [1.29, 1.82) is 10.5 Å². The summed E-state index contributed by atoms with van der Waals surface area (Å²) in [7, 11) is 2.87. The molecule has 15 nitrogen and oxygen atoms in total. The van der Waals surface area contributed by atoms with Crippen LogP contribution in [0.3, 0.4) is 0 Å². The van der Waals surface area contributed by atoms with Crippen LogP contribution in [0.5, 0.6) is 11.8 Å². The van der Waals surface area contributed by atoms with E-state index in [1.54, 1.807) is 21.3 Å². The molecule has 0 saturated carbocycles. The van der Waals surface area contributed by atoms with E-state index in [2.05, 4.69) is 19.9 Å². The molecule has 428 valence electrons. The summed E-state index contributed by atoms with van der Waals surface area (Å²) in [6, 6.07) is 30.0. The zero-order valence-electron chi connectivity index (χ0n) is 44.7. The molecule has 0 spiro atoms. The zero-order chi connectivity index (χ0) is 60.1. The van der Waals surface area contributed by atoms with E-state index in [0.717, 1.165) is 24.3 Å². The highest BCUT2D eigenvalue weighted by molar-refractivity contribution is 6.32. The van der Waals surface area contributed by atoms with Gasteiger partial charge in [-0.1, -0.05) is 47.5 Å². The van der Waals surface area contributed by atoms with Gasteiger partial charge in [-0.25, -0.2) is 55.9 Å². The summed E-state index contributed by atoms with van der Waals surface area (Å²) in [5, 5.41) is 18.3. The third kappa shape index (κ3) is 12.8. The van der Waals surface area contributed by atoms with Crippen LogP contribution in [-0.4, -0.2) is 68.4 Å². The number of halogens is 8. The molecule has 0 fully saturated rings. The Bertz CT molecular complexity index is 4100. The average molecular weight is 1200 g/mol. The average Bonchev–Trinajstić information content (AvgIpc) is 2.14. The first kappa shape index (κ1) is 58.6. The number of nitriles is 2. The summed E-state index contributed by atoms with van der Waals surface area (Å²) in [6.45, 7) is -0.130. The predicted molar refractivity (Wildman–Crippen MR) is 299 cm³/mol. The van der Waals surface area contributed by atoms with E-state index in [1.165, 1.54) is 99.1 Å². The van der Waals surface area contributed by atoms with Crippen molar-refractivity contribution in [3.63, 3.8) is 0 Å². The Labute approximate surface area is 489 Å². The van der Waals surface area contributed by atoms with Crippen molar-refractivity contribution >= 4 is 57.2 Å². The SMILES string of the molecule is COCCn1c(Cc2cc(F)c(-c3cccc(OCc4ccc(C#N)cc4F)n3)cc2Cl)nc2c(F)cc(C(=O)OC(=O)c3cc(F)c4nc(Cc5cc(F)c(-c6cccc(OCc7ccc(C#N)cc7F)n6)cc5Cl)n(CCOC)c4c3)cc21. The maximum Gasteiger partial charge on any atom is 0.346 e. The highest BCUT2D eigenvalue weighted by Crippen LogP contribution is 2.34. The van der Waals surface area contributed by atoms with Crippen LogP contribution in [0.4, 0.5) is 26.3 Å². The molecular weight excluding hydrogens is 1150 g/mol. The molecule has 23 heteroatoms. The molecule has 0 N–H and O–H groups in total. The number of hydrogen-bond donors (Lipinski definition) is 0. The summed E-state index contributed by atoms with van der Waals surface area (Å²) in [4.78, 5) is 45.2.